The summed E-state index contributed by atoms with van der Waals surface area (Å²) in [5, 5.41) is 16.9. The molecule has 0 unspecified atom stereocenters. The fourth-order valence-electron chi connectivity index (χ4n) is 2.98. The number of methoxy groups -OCH3 is 2. The highest BCUT2D eigenvalue weighted by Crippen LogP contribution is 2.30. The van der Waals surface area contributed by atoms with Crippen LogP contribution in [0.4, 0.5) is 5.69 Å². The van der Waals surface area contributed by atoms with Crippen LogP contribution in [0.1, 0.15) is 21.5 Å². The molecule has 33 heavy (non-hydrogen) atoms. The first-order chi connectivity index (χ1) is 15.7. The number of sulfonamides is 1. The molecule has 0 spiro atoms. The molecule has 0 saturated heterocycles. The van der Waals surface area contributed by atoms with Crippen molar-refractivity contribution in [1.29, 1.82) is 5.26 Å². The van der Waals surface area contributed by atoms with Gasteiger partial charge >= 0.3 is 0 Å². The summed E-state index contributed by atoms with van der Waals surface area (Å²) in [7, 11) is -1.08. The average Bonchev–Trinajstić information content (AvgIpc) is 2.81. The lowest BCUT2D eigenvalue weighted by Crippen LogP contribution is -2.15. The third kappa shape index (κ3) is 5.79. The molecule has 170 valence electrons. The zero-order chi connectivity index (χ0) is 24.0. The molecule has 0 heterocycles. The van der Waals surface area contributed by atoms with Gasteiger partial charge in [-0.3, -0.25) is 4.79 Å². The van der Waals surface area contributed by atoms with E-state index in [1.165, 1.54) is 56.7 Å². The minimum Gasteiger partial charge on any atom is -0.497 e. The van der Waals surface area contributed by atoms with Crippen molar-refractivity contribution in [2.75, 3.05) is 19.5 Å². The van der Waals surface area contributed by atoms with E-state index in [1.54, 1.807) is 18.2 Å². The molecule has 10 heteroatoms. The van der Waals surface area contributed by atoms with Gasteiger partial charge in [0.25, 0.3) is 5.91 Å². The number of hydrogen-bond acceptors (Lipinski definition) is 7. The first-order valence-electron chi connectivity index (χ1n) is 9.57. The molecule has 0 aromatic heterocycles. The normalized spacial score (nSPS) is 10.7. The number of nitrogens with two attached hydrogens (primary N) is 1. The Kier molecular flexibility index (Phi) is 7.17. The number of nitriles is 1. The number of nitrogens with one attached hydrogen (secondary N) is 1. The minimum atomic E-state index is -4.10. The van der Waals surface area contributed by atoms with Crippen LogP contribution in [0.3, 0.4) is 0 Å². The van der Waals surface area contributed by atoms with E-state index in [0.29, 0.717) is 33.9 Å². The lowest BCUT2D eigenvalue weighted by Gasteiger charge is -2.15. The molecular formula is C23H21N3O6S. The van der Waals surface area contributed by atoms with Crippen LogP contribution in [0, 0.1) is 11.3 Å². The Hall–Kier alpha value is -4.07. The molecule has 0 atom stereocenters. The number of ether oxygens (including phenoxy) is 3. The third-order valence-electron chi connectivity index (χ3n) is 4.66. The highest BCUT2D eigenvalue weighted by atomic mass is 32.2. The molecule has 0 saturated carbocycles. The number of rotatable bonds is 8. The standard InChI is InChI=1S/C23H21N3O6S/c1-30-19-8-9-20(31-2)17(11-19)14-32-21-12-18(7-10-22(21)33(25,28)29)26-23(27)16-5-3-15(13-24)4-6-16/h3-12H,14H2,1-2H3,(H,26,27)(H2,25,28,29). The van der Waals surface area contributed by atoms with Crippen LogP contribution in [0.2, 0.25) is 0 Å². The number of hydrogen-bond donors (Lipinski definition) is 2. The lowest BCUT2D eigenvalue weighted by atomic mass is 10.1. The Morgan fingerprint density at radius 2 is 1.73 bits per heavy atom. The van der Waals surface area contributed by atoms with E-state index in [0.717, 1.165) is 0 Å². The van der Waals surface area contributed by atoms with Gasteiger partial charge in [-0.2, -0.15) is 5.26 Å². The van der Waals surface area contributed by atoms with Crippen LogP contribution in [0.15, 0.2) is 65.6 Å². The lowest BCUT2D eigenvalue weighted by molar-refractivity contribution is 0.102. The van der Waals surface area contributed by atoms with Gasteiger partial charge in [0.2, 0.25) is 10.0 Å². The number of nitrogens with zero attached hydrogens (tertiary/aromatic N) is 1. The summed E-state index contributed by atoms with van der Waals surface area (Å²) in [4.78, 5) is 12.3. The number of carbonyl (C=O) groups is 1. The third-order valence-corrected chi connectivity index (χ3v) is 5.61. The maximum absolute atomic E-state index is 12.5. The van der Waals surface area contributed by atoms with Gasteiger partial charge in [-0.1, -0.05) is 0 Å². The Bertz CT molecular complexity index is 1320. The summed E-state index contributed by atoms with van der Waals surface area (Å²) in [6.07, 6.45) is 0. The zero-order valence-corrected chi connectivity index (χ0v) is 18.7. The van der Waals surface area contributed by atoms with Crippen molar-refractivity contribution in [1.82, 2.24) is 0 Å². The van der Waals surface area contributed by atoms with E-state index in [2.05, 4.69) is 5.32 Å². The second-order valence-electron chi connectivity index (χ2n) is 6.82. The van der Waals surface area contributed by atoms with E-state index >= 15 is 0 Å². The molecule has 0 aliphatic rings. The van der Waals surface area contributed by atoms with Crippen molar-refractivity contribution in [3.63, 3.8) is 0 Å². The Morgan fingerprint density at radius 1 is 1.00 bits per heavy atom. The number of primary sulfonamides is 1. The van der Waals surface area contributed by atoms with Crippen molar-refractivity contribution in [2.24, 2.45) is 5.14 Å². The first-order valence-corrected chi connectivity index (χ1v) is 11.1. The average molecular weight is 468 g/mol. The van der Waals surface area contributed by atoms with Crippen LogP contribution in [0.5, 0.6) is 17.2 Å². The fraction of sp³-hybridized carbons (Fsp3) is 0.130. The van der Waals surface area contributed by atoms with Crippen LogP contribution in [0.25, 0.3) is 0 Å². The van der Waals surface area contributed by atoms with E-state index in [9.17, 15) is 13.2 Å². The van der Waals surface area contributed by atoms with E-state index in [1.807, 2.05) is 6.07 Å². The van der Waals surface area contributed by atoms with Crippen LogP contribution in [-0.4, -0.2) is 28.5 Å². The first kappa shape index (κ1) is 23.6. The predicted octanol–water partition coefficient (Wildman–Crippen LogP) is 3.05. The van der Waals surface area contributed by atoms with Crippen molar-refractivity contribution in [3.05, 3.63) is 77.4 Å². The van der Waals surface area contributed by atoms with Crippen molar-refractivity contribution < 1.29 is 27.4 Å². The molecule has 3 rings (SSSR count). The number of benzene rings is 3. The fourth-order valence-corrected chi connectivity index (χ4v) is 3.64. The van der Waals surface area contributed by atoms with Crippen LogP contribution in [-0.2, 0) is 16.6 Å². The van der Waals surface area contributed by atoms with Gasteiger partial charge in [0.15, 0.2) is 0 Å². The molecule has 3 N–H and O–H groups in total. The summed E-state index contributed by atoms with van der Waals surface area (Å²) >= 11 is 0. The zero-order valence-electron chi connectivity index (χ0n) is 17.9. The second-order valence-corrected chi connectivity index (χ2v) is 8.35. The summed E-state index contributed by atoms with van der Waals surface area (Å²) in [6, 6.07) is 17.2. The molecular weight excluding hydrogens is 446 g/mol. The van der Waals surface area contributed by atoms with E-state index in [4.69, 9.17) is 24.6 Å². The summed E-state index contributed by atoms with van der Waals surface area (Å²) in [5.74, 6) is 0.617. The summed E-state index contributed by atoms with van der Waals surface area (Å²) < 4.78 is 40.4. The number of amides is 1. The van der Waals surface area contributed by atoms with Gasteiger partial charge in [0, 0.05) is 22.9 Å². The molecule has 3 aromatic rings. The van der Waals surface area contributed by atoms with E-state index in [-0.39, 0.29) is 17.3 Å². The smallest absolute Gasteiger partial charge is 0.255 e. The molecule has 0 fully saturated rings. The van der Waals surface area contributed by atoms with E-state index < -0.39 is 15.9 Å². The van der Waals surface area contributed by atoms with Gasteiger partial charge < -0.3 is 19.5 Å². The number of anilines is 1. The predicted molar refractivity (Wildman–Crippen MR) is 121 cm³/mol. The Morgan fingerprint density at radius 3 is 2.33 bits per heavy atom. The monoisotopic (exact) mass is 467 g/mol. The molecule has 0 aliphatic heterocycles. The largest absolute Gasteiger partial charge is 0.497 e. The van der Waals surface area contributed by atoms with Gasteiger partial charge in [-0.15, -0.1) is 0 Å². The molecule has 9 nitrogen and oxygen atoms in total. The Labute approximate surface area is 191 Å². The van der Waals surface area contributed by atoms with Gasteiger partial charge in [-0.25, -0.2) is 13.6 Å². The second kappa shape index (κ2) is 10.0. The quantitative estimate of drug-likeness (QED) is 0.519. The summed E-state index contributed by atoms with van der Waals surface area (Å²) in [6.45, 7) is -0.0457. The SMILES string of the molecule is COc1ccc(OC)c(COc2cc(NC(=O)c3ccc(C#N)cc3)ccc2S(N)(=O)=O)c1. The highest BCUT2D eigenvalue weighted by Gasteiger charge is 2.18. The van der Waals surface area contributed by atoms with Gasteiger partial charge in [-0.05, 0) is 54.6 Å². The van der Waals surface area contributed by atoms with Crippen LogP contribution < -0.4 is 24.7 Å². The molecule has 0 aliphatic carbocycles. The maximum atomic E-state index is 12.5. The van der Waals surface area contributed by atoms with Gasteiger partial charge in [0.1, 0.15) is 28.8 Å². The number of carbonyl (C=O) groups excluding carboxylic acids is 1. The molecule has 0 bridgehead atoms. The molecule has 3 aromatic carbocycles. The molecule has 0 radical (unpaired) electrons. The van der Waals surface area contributed by atoms with Gasteiger partial charge in [0.05, 0.1) is 25.9 Å². The van der Waals surface area contributed by atoms with Crippen LogP contribution >= 0.6 is 0 Å². The Balaban J connectivity index is 1.88. The highest BCUT2D eigenvalue weighted by molar-refractivity contribution is 7.89. The van der Waals surface area contributed by atoms with Crippen molar-refractivity contribution >= 4 is 21.6 Å². The van der Waals surface area contributed by atoms with Crippen molar-refractivity contribution in [2.45, 2.75) is 11.5 Å². The topological polar surface area (TPSA) is 141 Å². The minimum absolute atomic E-state index is 0.0417. The maximum Gasteiger partial charge on any atom is 0.255 e. The van der Waals surface area contributed by atoms with Crippen molar-refractivity contribution in [3.8, 4) is 23.3 Å². The molecule has 1 amide bonds. The summed E-state index contributed by atoms with van der Waals surface area (Å²) in [5.41, 5.74) is 1.66.